The highest BCUT2D eigenvalue weighted by molar-refractivity contribution is 5.10. The minimum absolute atomic E-state index is 0.146. The van der Waals surface area contributed by atoms with Crippen molar-refractivity contribution in [2.24, 2.45) is 5.41 Å². The van der Waals surface area contributed by atoms with Crippen molar-refractivity contribution in [1.82, 2.24) is 0 Å². The molecule has 0 saturated heterocycles. The molecular weight excluding hydrogens is 216 g/mol. The van der Waals surface area contributed by atoms with Gasteiger partial charge in [0.15, 0.2) is 0 Å². The predicted octanol–water partition coefficient (Wildman–Crippen LogP) is 6.12. The molecule has 0 unspecified atom stereocenters. The molecule has 0 saturated carbocycles. The Morgan fingerprint density at radius 2 is 1.61 bits per heavy atom. The molecule has 0 fully saturated rings. The van der Waals surface area contributed by atoms with Crippen molar-refractivity contribution in [1.29, 1.82) is 0 Å². The lowest BCUT2D eigenvalue weighted by Gasteiger charge is -2.14. The maximum Gasteiger partial charge on any atom is 0.0292 e. The SMILES string of the molecule is CCCCC#CC(C)(C)CC=CCCCCCC. The van der Waals surface area contributed by atoms with Crippen molar-refractivity contribution in [3.05, 3.63) is 12.2 Å². The van der Waals surface area contributed by atoms with E-state index >= 15 is 0 Å². The van der Waals surface area contributed by atoms with Gasteiger partial charge in [0.1, 0.15) is 0 Å². The van der Waals surface area contributed by atoms with Gasteiger partial charge in [0, 0.05) is 11.8 Å². The zero-order valence-electron chi connectivity index (χ0n) is 13.0. The second kappa shape index (κ2) is 11.4. The van der Waals surface area contributed by atoms with Crippen LogP contribution in [0.15, 0.2) is 12.2 Å². The summed E-state index contributed by atoms with van der Waals surface area (Å²) in [5.74, 6) is 6.72. The lowest BCUT2D eigenvalue weighted by Crippen LogP contribution is -2.05. The van der Waals surface area contributed by atoms with Gasteiger partial charge in [0.05, 0.1) is 0 Å². The molecular formula is C18H32. The third-order valence-corrected chi connectivity index (χ3v) is 3.10. The zero-order chi connectivity index (χ0) is 13.7. The van der Waals surface area contributed by atoms with Gasteiger partial charge in [0.2, 0.25) is 0 Å². The first kappa shape index (κ1) is 17.3. The molecule has 104 valence electrons. The normalized spacial score (nSPS) is 11.6. The van der Waals surface area contributed by atoms with E-state index in [-0.39, 0.29) is 5.41 Å². The number of unbranched alkanes of at least 4 members (excludes halogenated alkanes) is 6. The van der Waals surface area contributed by atoms with Crippen LogP contribution in [0.2, 0.25) is 0 Å². The Hall–Kier alpha value is -0.700. The van der Waals surface area contributed by atoms with Gasteiger partial charge in [-0.1, -0.05) is 57.6 Å². The topological polar surface area (TPSA) is 0 Å². The molecule has 0 amide bonds. The van der Waals surface area contributed by atoms with Crippen LogP contribution in [0.1, 0.15) is 85.5 Å². The van der Waals surface area contributed by atoms with Crippen LogP contribution in [-0.4, -0.2) is 0 Å². The van der Waals surface area contributed by atoms with Crippen LogP contribution < -0.4 is 0 Å². The summed E-state index contributed by atoms with van der Waals surface area (Å²) < 4.78 is 0. The van der Waals surface area contributed by atoms with Gasteiger partial charge in [-0.2, -0.15) is 0 Å². The number of hydrogen-bond acceptors (Lipinski definition) is 0. The van der Waals surface area contributed by atoms with Crippen molar-refractivity contribution in [3.63, 3.8) is 0 Å². The summed E-state index contributed by atoms with van der Waals surface area (Å²) in [4.78, 5) is 0. The number of hydrogen-bond donors (Lipinski definition) is 0. The average Bonchev–Trinajstić information content (AvgIpc) is 2.34. The molecule has 0 aliphatic rings. The molecule has 0 aliphatic heterocycles. The van der Waals surface area contributed by atoms with Gasteiger partial charge in [-0.25, -0.2) is 0 Å². The molecule has 0 aliphatic carbocycles. The van der Waals surface area contributed by atoms with Crippen molar-refractivity contribution >= 4 is 0 Å². The Morgan fingerprint density at radius 1 is 0.889 bits per heavy atom. The molecule has 0 atom stereocenters. The highest BCUT2D eigenvalue weighted by Crippen LogP contribution is 2.20. The molecule has 0 radical (unpaired) electrons. The van der Waals surface area contributed by atoms with E-state index in [1.807, 2.05) is 0 Å². The van der Waals surface area contributed by atoms with Crippen LogP contribution in [-0.2, 0) is 0 Å². The summed E-state index contributed by atoms with van der Waals surface area (Å²) in [6, 6.07) is 0. The first-order valence-electron chi connectivity index (χ1n) is 7.77. The predicted molar refractivity (Wildman–Crippen MR) is 83.6 cm³/mol. The third-order valence-electron chi connectivity index (χ3n) is 3.10. The molecule has 0 aromatic rings. The summed E-state index contributed by atoms with van der Waals surface area (Å²) in [7, 11) is 0. The van der Waals surface area contributed by atoms with Crippen molar-refractivity contribution in [3.8, 4) is 11.8 Å². The summed E-state index contributed by atoms with van der Waals surface area (Å²) >= 11 is 0. The quantitative estimate of drug-likeness (QED) is 0.262. The molecule has 0 N–H and O–H groups in total. The Balaban J connectivity index is 3.73. The van der Waals surface area contributed by atoms with Crippen LogP contribution in [0, 0.1) is 17.3 Å². The minimum atomic E-state index is 0.146. The maximum atomic E-state index is 3.40. The molecule has 0 heteroatoms. The van der Waals surface area contributed by atoms with Crippen LogP contribution in [0.3, 0.4) is 0 Å². The van der Waals surface area contributed by atoms with E-state index in [9.17, 15) is 0 Å². The van der Waals surface area contributed by atoms with E-state index in [1.165, 1.54) is 44.9 Å². The van der Waals surface area contributed by atoms with Gasteiger partial charge in [0.25, 0.3) is 0 Å². The smallest absolute Gasteiger partial charge is 0.0292 e. The summed E-state index contributed by atoms with van der Waals surface area (Å²) in [6.07, 6.45) is 15.9. The molecule has 0 rings (SSSR count). The van der Waals surface area contributed by atoms with Crippen molar-refractivity contribution in [2.75, 3.05) is 0 Å². The lowest BCUT2D eigenvalue weighted by molar-refractivity contribution is 0.511. The first-order chi connectivity index (χ1) is 8.62. The Morgan fingerprint density at radius 3 is 2.28 bits per heavy atom. The lowest BCUT2D eigenvalue weighted by atomic mass is 9.89. The largest absolute Gasteiger partial charge is 0.103 e. The highest BCUT2D eigenvalue weighted by atomic mass is 14.1. The first-order valence-corrected chi connectivity index (χ1v) is 7.77. The fourth-order valence-corrected chi connectivity index (χ4v) is 1.80. The van der Waals surface area contributed by atoms with Crippen LogP contribution >= 0.6 is 0 Å². The number of rotatable bonds is 9. The van der Waals surface area contributed by atoms with E-state index in [0.717, 1.165) is 12.8 Å². The van der Waals surface area contributed by atoms with E-state index in [2.05, 4.69) is 51.7 Å². The van der Waals surface area contributed by atoms with Gasteiger partial charge in [-0.05, 0) is 39.5 Å². The minimum Gasteiger partial charge on any atom is -0.103 e. The molecule has 0 aromatic heterocycles. The standard InChI is InChI=1S/C18H32/c1-5-7-9-11-12-13-15-17-18(3,4)16-14-10-8-6-2/h13,15H,5-12,17H2,1-4H3. The molecule has 0 bridgehead atoms. The Bertz CT molecular complexity index is 259. The Kier molecular flexibility index (Phi) is 11.0. The third kappa shape index (κ3) is 11.8. The fraction of sp³-hybridized carbons (Fsp3) is 0.778. The average molecular weight is 248 g/mol. The summed E-state index contributed by atoms with van der Waals surface area (Å²) in [6.45, 7) is 8.96. The van der Waals surface area contributed by atoms with Gasteiger partial charge >= 0.3 is 0 Å². The fourth-order valence-electron chi connectivity index (χ4n) is 1.80. The second-order valence-corrected chi connectivity index (χ2v) is 5.81. The monoisotopic (exact) mass is 248 g/mol. The van der Waals surface area contributed by atoms with Crippen LogP contribution in [0.25, 0.3) is 0 Å². The molecule has 18 heavy (non-hydrogen) atoms. The van der Waals surface area contributed by atoms with Gasteiger partial charge in [-0.15, -0.1) is 5.92 Å². The highest BCUT2D eigenvalue weighted by Gasteiger charge is 2.10. The van der Waals surface area contributed by atoms with Crippen LogP contribution in [0.5, 0.6) is 0 Å². The molecule has 0 nitrogen and oxygen atoms in total. The van der Waals surface area contributed by atoms with Crippen molar-refractivity contribution in [2.45, 2.75) is 85.5 Å². The van der Waals surface area contributed by atoms with E-state index in [1.54, 1.807) is 0 Å². The molecule has 0 spiro atoms. The maximum absolute atomic E-state index is 3.40. The second-order valence-electron chi connectivity index (χ2n) is 5.81. The van der Waals surface area contributed by atoms with E-state index < -0.39 is 0 Å². The zero-order valence-corrected chi connectivity index (χ0v) is 13.0. The Labute approximate surface area is 115 Å². The van der Waals surface area contributed by atoms with Crippen molar-refractivity contribution < 1.29 is 0 Å². The summed E-state index contributed by atoms with van der Waals surface area (Å²) in [5, 5.41) is 0. The van der Waals surface area contributed by atoms with E-state index in [4.69, 9.17) is 0 Å². The number of allylic oxidation sites excluding steroid dienone is 2. The summed E-state index contributed by atoms with van der Waals surface area (Å²) in [5.41, 5.74) is 0.146. The van der Waals surface area contributed by atoms with Crippen LogP contribution in [0.4, 0.5) is 0 Å². The molecule has 0 heterocycles. The van der Waals surface area contributed by atoms with Gasteiger partial charge in [-0.3, -0.25) is 0 Å². The van der Waals surface area contributed by atoms with E-state index in [0.29, 0.717) is 0 Å². The van der Waals surface area contributed by atoms with Gasteiger partial charge < -0.3 is 0 Å². The molecule has 0 aromatic carbocycles.